The molecule has 6 heteroatoms. The van der Waals surface area contributed by atoms with Gasteiger partial charge in [-0.2, -0.15) is 0 Å². The number of aryl methyl sites for hydroxylation is 2. The zero-order valence-electron chi connectivity index (χ0n) is 13.1. The number of anilines is 1. The second kappa shape index (κ2) is 5.77. The first-order valence-corrected chi connectivity index (χ1v) is 8.87. The Hall–Kier alpha value is -2.21. The molecule has 0 bridgehead atoms. The van der Waals surface area contributed by atoms with Gasteiger partial charge in [0.25, 0.3) is 10.0 Å². The average molecular weight is 333 g/mol. The molecule has 2 aromatic carbocycles. The van der Waals surface area contributed by atoms with Crippen molar-refractivity contribution in [3.8, 4) is 11.5 Å². The van der Waals surface area contributed by atoms with E-state index in [4.69, 9.17) is 4.74 Å². The Morgan fingerprint density at radius 1 is 1.22 bits per heavy atom. The van der Waals surface area contributed by atoms with Crippen LogP contribution in [-0.2, 0) is 16.4 Å². The predicted octanol–water partition coefficient (Wildman–Crippen LogP) is 2.85. The van der Waals surface area contributed by atoms with E-state index in [-0.39, 0.29) is 10.6 Å². The number of rotatable bonds is 3. The number of phenols is 1. The van der Waals surface area contributed by atoms with Gasteiger partial charge in [0.1, 0.15) is 16.4 Å². The number of hydrogen-bond acceptors (Lipinski definition) is 4. The summed E-state index contributed by atoms with van der Waals surface area (Å²) in [4.78, 5) is -0.0729. The lowest BCUT2D eigenvalue weighted by Gasteiger charge is -2.32. The molecule has 2 aromatic rings. The molecule has 0 spiro atoms. The fourth-order valence-corrected chi connectivity index (χ4v) is 4.65. The third-order valence-electron chi connectivity index (χ3n) is 4.04. The van der Waals surface area contributed by atoms with E-state index >= 15 is 0 Å². The van der Waals surface area contributed by atoms with Crippen LogP contribution < -0.4 is 9.04 Å². The summed E-state index contributed by atoms with van der Waals surface area (Å²) in [6.07, 6.45) is 1.53. The largest absolute Gasteiger partial charge is 0.507 e. The molecule has 1 heterocycles. The zero-order valence-corrected chi connectivity index (χ0v) is 13.9. The zero-order chi connectivity index (χ0) is 16.6. The molecule has 1 aliphatic rings. The maximum Gasteiger partial charge on any atom is 0.268 e. The SMILES string of the molecule is COc1cccc2c1N(S(=O)(=O)c1cc(C)ccc1O)CCC2. The number of phenolic OH excluding ortho intramolecular Hbond substituents is 1. The molecular formula is C17H19NO4S. The van der Waals surface area contributed by atoms with E-state index in [1.165, 1.54) is 23.5 Å². The second-order valence-electron chi connectivity index (χ2n) is 5.62. The lowest BCUT2D eigenvalue weighted by Crippen LogP contribution is -2.35. The first-order chi connectivity index (χ1) is 10.9. The number of methoxy groups -OCH3 is 1. The molecule has 1 aliphatic heterocycles. The van der Waals surface area contributed by atoms with Crippen LogP contribution in [0.1, 0.15) is 17.5 Å². The minimum Gasteiger partial charge on any atom is -0.507 e. The van der Waals surface area contributed by atoms with E-state index in [0.717, 1.165) is 24.0 Å². The summed E-state index contributed by atoms with van der Waals surface area (Å²) in [6, 6.07) is 10.1. The van der Waals surface area contributed by atoms with Crippen molar-refractivity contribution in [2.24, 2.45) is 0 Å². The van der Waals surface area contributed by atoms with Crippen LogP contribution in [0.3, 0.4) is 0 Å². The number of aromatic hydroxyl groups is 1. The number of para-hydroxylation sites is 1. The van der Waals surface area contributed by atoms with Crippen molar-refractivity contribution < 1.29 is 18.3 Å². The standard InChI is InChI=1S/C17H19NO4S/c1-12-8-9-14(19)16(11-12)23(20,21)18-10-4-6-13-5-3-7-15(22-2)17(13)18/h3,5,7-9,11,19H,4,6,10H2,1-2H3. The van der Waals surface area contributed by atoms with Crippen molar-refractivity contribution >= 4 is 15.7 Å². The van der Waals surface area contributed by atoms with E-state index in [0.29, 0.717) is 18.0 Å². The minimum atomic E-state index is -3.86. The maximum atomic E-state index is 13.1. The van der Waals surface area contributed by atoms with Crippen LogP contribution in [0.5, 0.6) is 11.5 Å². The Morgan fingerprint density at radius 3 is 2.74 bits per heavy atom. The molecule has 0 radical (unpaired) electrons. The maximum absolute atomic E-state index is 13.1. The van der Waals surface area contributed by atoms with Crippen molar-refractivity contribution in [1.82, 2.24) is 0 Å². The molecule has 1 N–H and O–H groups in total. The molecule has 122 valence electrons. The van der Waals surface area contributed by atoms with Gasteiger partial charge in [0.15, 0.2) is 0 Å². The molecule has 0 amide bonds. The topological polar surface area (TPSA) is 66.8 Å². The summed E-state index contributed by atoms with van der Waals surface area (Å²) < 4.78 is 32.9. The minimum absolute atomic E-state index is 0.0729. The van der Waals surface area contributed by atoms with Crippen molar-refractivity contribution in [2.45, 2.75) is 24.7 Å². The fraction of sp³-hybridized carbons (Fsp3) is 0.294. The normalized spacial score (nSPS) is 14.4. The summed E-state index contributed by atoms with van der Waals surface area (Å²) in [5.74, 6) is 0.288. The highest BCUT2D eigenvalue weighted by Crippen LogP contribution is 2.40. The number of hydrogen-bond donors (Lipinski definition) is 1. The lowest BCUT2D eigenvalue weighted by molar-refractivity contribution is 0.414. The van der Waals surface area contributed by atoms with E-state index in [9.17, 15) is 13.5 Å². The Balaban J connectivity index is 2.19. The van der Waals surface area contributed by atoms with Crippen LogP contribution >= 0.6 is 0 Å². The first-order valence-electron chi connectivity index (χ1n) is 7.43. The molecule has 0 fully saturated rings. The molecular weight excluding hydrogens is 314 g/mol. The summed E-state index contributed by atoms with van der Waals surface area (Å²) in [5.41, 5.74) is 2.28. The Morgan fingerprint density at radius 2 is 2.00 bits per heavy atom. The van der Waals surface area contributed by atoms with E-state index in [1.54, 1.807) is 19.1 Å². The number of ether oxygens (including phenoxy) is 1. The smallest absolute Gasteiger partial charge is 0.268 e. The highest BCUT2D eigenvalue weighted by molar-refractivity contribution is 7.93. The van der Waals surface area contributed by atoms with Gasteiger partial charge in [0.2, 0.25) is 0 Å². The molecule has 5 nitrogen and oxygen atoms in total. The van der Waals surface area contributed by atoms with E-state index in [1.807, 2.05) is 12.1 Å². The summed E-state index contributed by atoms with van der Waals surface area (Å²) in [6.45, 7) is 2.16. The van der Waals surface area contributed by atoms with Gasteiger partial charge < -0.3 is 9.84 Å². The van der Waals surface area contributed by atoms with Crippen LogP contribution in [0.2, 0.25) is 0 Å². The fourth-order valence-electron chi connectivity index (χ4n) is 2.93. The van der Waals surface area contributed by atoms with Crippen molar-refractivity contribution in [2.75, 3.05) is 18.0 Å². The number of nitrogens with zero attached hydrogens (tertiary/aromatic N) is 1. The van der Waals surface area contributed by atoms with Gasteiger partial charge >= 0.3 is 0 Å². The molecule has 23 heavy (non-hydrogen) atoms. The highest BCUT2D eigenvalue weighted by atomic mass is 32.2. The number of sulfonamides is 1. The summed E-state index contributed by atoms with van der Waals surface area (Å²) in [7, 11) is -2.33. The Bertz CT molecular complexity index is 831. The number of benzene rings is 2. The molecule has 3 rings (SSSR count). The van der Waals surface area contributed by atoms with Crippen molar-refractivity contribution in [3.63, 3.8) is 0 Å². The van der Waals surface area contributed by atoms with Gasteiger partial charge in [-0.05, 0) is 49.1 Å². The second-order valence-corrected chi connectivity index (χ2v) is 7.45. The van der Waals surface area contributed by atoms with Gasteiger partial charge in [-0.15, -0.1) is 0 Å². The van der Waals surface area contributed by atoms with Crippen LogP contribution in [0.15, 0.2) is 41.3 Å². The van der Waals surface area contributed by atoms with Crippen LogP contribution in [0.25, 0.3) is 0 Å². The van der Waals surface area contributed by atoms with Gasteiger partial charge in [-0.25, -0.2) is 8.42 Å². The van der Waals surface area contributed by atoms with Gasteiger partial charge in [0, 0.05) is 6.54 Å². The van der Waals surface area contributed by atoms with E-state index < -0.39 is 10.0 Å². The average Bonchev–Trinajstić information content (AvgIpc) is 2.55. The molecule has 0 saturated heterocycles. The monoisotopic (exact) mass is 333 g/mol. The van der Waals surface area contributed by atoms with Gasteiger partial charge in [-0.1, -0.05) is 18.2 Å². The van der Waals surface area contributed by atoms with Crippen molar-refractivity contribution in [1.29, 1.82) is 0 Å². The highest BCUT2D eigenvalue weighted by Gasteiger charge is 2.33. The van der Waals surface area contributed by atoms with Gasteiger partial charge in [0.05, 0.1) is 12.8 Å². The Kier molecular flexibility index (Phi) is 3.93. The lowest BCUT2D eigenvalue weighted by atomic mass is 10.0. The van der Waals surface area contributed by atoms with Crippen LogP contribution in [0, 0.1) is 6.92 Å². The van der Waals surface area contributed by atoms with Crippen LogP contribution in [0.4, 0.5) is 5.69 Å². The molecule has 0 aromatic heterocycles. The predicted molar refractivity (Wildman–Crippen MR) is 88.7 cm³/mol. The third-order valence-corrected chi connectivity index (χ3v) is 5.87. The van der Waals surface area contributed by atoms with Gasteiger partial charge in [-0.3, -0.25) is 4.31 Å². The molecule has 0 unspecified atom stereocenters. The molecule has 0 atom stereocenters. The molecule has 0 aliphatic carbocycles. The van der Waals surface area contributed by atoms with Crippen molar-refractivity contribution in [3.05, 3.63) is 47.5 Å². The van der Waals surface area contributed by atoms with Crippen LogP contribution in [-0.4, -0.2) is 27.2 Å². The quantitative estimate of drug-likeness (QED) is 0.938. The number of fused-ring (bicyclic) bond motifs is 1. The van der Waals surface area contributed by atoms with E-state index in [2.05, 4.69) is 0 Å². The summed E-state index contributed by atoms with van der Waals surface area (Å²) >= 11 is 0. The summed E-state index contributed by atoms with van der Waals surface area (Å²) in [5, 5.41) is 10.0. The third kappa shape index (κ3) is 2.63. The first kappa shape index (κ1) is 15.7. The Labute approximate surface area is 136 Å². The molecule has 0 saturated carbocycles.